The van der Waals surface area contributed by atoms with E-state index >= 15 is 0 Å². The zero-order valence-electron chi connectivity index (χ0n) is 12.4. The van der Waals surface area contributed by atoms with E-state index in [2.05, 4.69) is 23.6 Å². The average molecular weight is 273 g/mol. The highest BCUT2D eigenvalue weighted by atomic mass is 16.2. The highest BCUT2D eigenvalue weighted by molar-refractivity contribution is 5.81. The summed E-state index contributed by atoms with van der Waals surface area (Å²) in [5.74, 6) is 0.0274. The van der Waals surface area contributed by atoms with Crippen LogP contribution in [0.3, 0.4) is 0 Å². The minimum Gasteiger partial charge on any atom is -0.352 e. The lowest BCUT2D eigenvalue weighted by atomic mass is 10.1. The summed E-state index contributed by atoms with van der Waals surface area (Å²) in [6, 6.07) is 9.43. The third kappa shape index (κ3) is 5.41. The Kier molecular flexibility index (Phi) is 6.75. The van der Waals surface area contributed by atoms with Crippen molar-refractivity contribution in [2.45, 2.75) is 52.2 Å². The Bertz CT molecular complexity index is 462. The fourth-order valence-electron chi connectivity index (χ4n) is 1.93. The van der Waals surface area contributed by atoms with Gasteiger partial charge in [-0.2, -0.15) is 5.26 Å². The van der Waals surface area contributed by atoms with Crippen molar-refractivity contribution >= 4 is 5.91 Å². The Balaban J connectivity index is 2.40. The van der Waals surface area contributed by atoms with Crippen LogP contribution in [0.2, 0.25) is 0 Å². The second-order valence-corrected chi connectivity index (χ2v) is 5.11. The first-order valence-electron chi connectivity index (χ1n) is 7.09. The normalized spacial score (nSPS) is 13.3. The Morgan fingerprint density at radius 1 is 1.30 bits per heavy atom. The minimum absolute atomic E-state index is 0.0274. The van der Waals surface area contributed by atoms with Gasteiger partial charge in [-0.15, -0.1) is 0 Å². The van der Waals surface area contributed by atoms with Crippen LogP contribution in [-0.2, 0) is 11.3 Å². The SMILES string of the molecule is CCCC(C)NC(=O)C(C)NCc1ccc(C#N)cc1. The Morgan fingerprint density at radius 3 is 2.50 bits per heavy atom. The van der Waals surface area contributed by atoms with Crippen molar-refractivity contribution in [2.75, 3.05) is 0 Å². The molecular weight excluding hydrogens is 250 g/mol. The van der Waals surface area contributed by atoms with Crippen LogP contribution < -0.4 is 10.6 Å². The highest BCUT2D eigenvalue weighted by Gasteiger charge is 2.14. The third-order valence-corrected chi connectivity index (χ3v) is 3.20. The van der Waals surface area contributed by atoms with E-state index in [0.29, 0.717) is 12.1 Å². The molecule has 0 aliphatic carbocycles. The van der Waals surface area contributed by atoms with Crippen LogP contribution in [0.5, 0.6) is 0 Å². The molecule has 2 atom stereocenters. The Hall–Kier alpha value is -1.86. The fraction of sp³-hybridized carbons (Fsp3) is 0.500. The molecule has 4 nitrogen and oxygen atoms in total. The quantitative estimate of drug-likeness (QED) is 0.801. The lowest BCUT2D eigenvalue weighted by molar-refractivity contribution is -0.123. The fourth-order valence-corrected chi connectivity index (χ4v) is 1.93. The summed E-state index contributed by atoms with van der Waals surface area (Å²) in [7, 11) is 0. The van der Waals surface area contributed by atoms with Gasteiger partial charge in [0.05, 0.1) is 17.7 Å². The number of hydrogen-bond donors (Lipinski definition) is 2. The largest absolute Gasteiger partial charge is 0.352 e. The number of amides is 1. The summed E-state index contributed by atoms with van der Waals surface area (Å²) >= 11 is 0. The van der Waals surface area contributed by atoms with E-state index in [4.69, 9.17) is 5.26 Å². The minimum atomic E-state index is -0.232. The molecule has 20 heavy (non-hydrogen) atoms. The first kappa shape index (κ1) is 16.2. The molecule has 0 saturated carbocycles. The van der Waals surface area contributed by atoms with Crippen LogP contribution in [0.1, 0.15) is 44.7 Å². The van der Waals surface area contributed by atoms with Gasteiger partial charge in [0.25, 0.3) is 0 Å². The van der Waals surface area contributed by atoms with E-state index in [1.807, 2.05) is 26.0 Å². The summed E-state index contributed by atoms with van der Waals surface area (Å²) < 4.78 is 0. The van der Waals surface area contributed by atoms with Gasteiger partial charge in [0.2, 0.25) is 5.91 Å². The molecule has 0 aromatic heterocycles. The van der Waals surface area contributed by atoms with Crippen LogP contribution >= 0.6 is 0 Å². The van der Waals surface area contributed by atoms with E-state index in [9.17, 15) is 4.79 Å². The van der Waals surface area contributed by atoms with Crippen molar-refractivity contribution in [2.24, 2.45) is 0 Å². The predicted octanol–water partition coefficient (Wildman–Crippen LogP) is 2.34. The van der Waals surface area contributed by atoms with Crippen LogP contribution in [0.25, 0.3) is 0 Å². The van der Waals surface area contributed by atoms with Crippen molar-refractivity contribution in [1.82, 2.24) is 10.6 Å². The lowest BCUT2D eigenvalue weighted by Gasteiger charge is -2.18. The smallest absolute Gasteiger partial charge is 0.237 e. The van der Waals surface area contributed by atoms with Crippen molar-refractivity contribution in [3.05, 3.63) is 35.4 Å². The number of benzene rings is 1. The molecule has 0 heterocycles. The van der Waals surface area contributed by atoms with E-state index in [0.717, 1.165) is 18.4 Å². The molecule has 0 aliphatic heterocycles. The van der Waals surface area contributed by atoms with Gasteiger partial charge in [-0.05, 0) is 38.0 Å². The van der Waals surface area contributed by atoms with Crippen LogP contribution in [0.15, 0.2) is 24.3 Å². The number of nitrogens with zero attached hydrogens (tertiary/aromatic N) is 1. The Morgan fingerprint density at radius 2 is 1.95 bits per heavy atom. The van der Waals surface area contributed by atoms with Gasteiger partial charge in [0.15, 0.2) is 0 Å². The standard InChI is InChI=1S/C16H23N3O/c1-4-5-12(2)19-16(20)13(3)18-11-15-8-6-14(10-17)7-9-15/h6-9,12-13,18H,4-5,11H2,1-3H3,(H,19,20). The molecule has 0 radical (unpaired) electrons. The topological polar surface area (TPSA) is 64.9 Å². The molecule has 108 valence electrons. The van der Waals surface area contributed by atoms with E-state index < -0.39 is 0 Å². The molecule has 4 heteroatoms. The molecule has 0 bridgehead atoms. The maximum Gasteiger partial charge on any atom is 0.237 e. The monoisotopic (exact) mass is 273 g/mol. The molecule has 1 aromatic rings. The lowest BCUT2D eigenvalue weighted by Crippen LogP contribution is -2.45. The maximum atomic E-state index is 11.9. The van der Waals surface area contributed by atoms with E-state index in [-0.39, 0.29) is 18.0 Å². The molecule has 0 aliphatic rings. The molecule has 0 spiro atoms. The first-order chi connectivity index (χ1) is 9.56. The maximum absolute atomic E-state index is 11.9. The number of nitrogens with one attached hydrogen (secondary N) is 2. The molecule has 2 unspecified atom stereocenters. The second-order valence-electron chi connectivity index (χ2n) is 5.11. The van der Waals surface area contributed by atoms with E-state index in [1.165, 1.54) is 0 Å². The van der Waals surface area contributed by atoms with Gasteiger partial charge in [-0.1, -0.05) is 25.5 Å². The molecule has 2 N–H and O–H groups in total. The van der Waals surface area contributed by atoms with Crippen LogP contribution in [-0.4, -0.2) is 18.0 Å². The highest BCUT2D eigenvalue weighted by Crippen LogP contribution is 2.03. The average Bonchev–Trinajstić information content (AvgIpc) is 2.45. The van der Waals surface area contributed by atoms with Gasteiger partial charge in [0.1, 0.15) is 0 Å². The number of nitriles is 1. The second kappa shape index (κ2) is 8.34. The molecule has 1 amide bonds. The van der Waals surface area contributed by atoms with E-state index in [1.54, 1.807) is 12.1 Å². The van der Waals surface area contributed by atoms with Crippen LogP contribution in [0, 0.1) is 11.3 Å². The predicted molar refractivity (Wildman–Crippen MR) is 80.0 cm³/mol. The number of rotatable bonds is 7. The summed E-state index contributed by atoms with van der Waals surface area (Å²) in [5.41, 5.74) is 1.71. The zero-order valence-corrected chi connectivity index (χ0v) is 12.4. The van der Waals surface area contributed by atoms with Crippen molar-refractivity contribution in [3.63, 3.8) is 0 Å². The van der Waals surface area contributed by atoms with Crippen molar-refractivity contribution in [3.8, 4) is 6.07 Å². The zero-order chi connectivity index (χ0) is 15.0. The summed E-state index contributed by atoms with van der Waals surface area (Å²) in [4.78, 5) is 11.9. The van der Waals surface area contributed by atoms with Gasteiger partial charge in [-0.25, -0.2) is 0 Å². The molecule has 0 fully saturated rings. The summed E-state index contributed by atoms with van der Waals surface area (Å²) in [6.45, 7) is 6.60. The Labute approximate surface area is 121 Å². The summed E-state index contributed by atoms with van der Waals surface area (Å²) in [6.07, 6.45) is 2.06. The van der Waals surface area contributed by atoms with Crippen molar-refractivity contribution < 1.29 is 4.79 Å². The van der Waals surface area contributed by atoms with Gasteiger partial charge in [0, 0.05) is 12.6 Å². The number of hydrogen-bond acceptors (Lipinski definition) is 3. The van der Waals surface area contributed by atoms with Gasteiger partial charge >= 0.3 is 0 Å². The first-order valence-corrected chi connectivity index (χ1v) is 7.09. The molecule has 0 saturated heterocycles. The number of carbonyl (C=O) groups is 1. The van der Waals surface area contributed by atoms with Gasteiger partial charge < -0.3 is 10.6 Å². The molecular formula is C16H23N3O. The summed E-state index contributed by atoms with van der Waals surface area (Å²) in [5, 5.41) is 14.9. The third-order valence-electron chi connectivity index (χ3n) is 3.20. The molecule has 1 aromatic carbocycles. The van der Waals surface area contributed by atoms with Crippen molar-refractivity contribution in [1.29, 1.82) is 5.26 Å². The van der Waals surface area contributed by atoms with Crippen LogP contribution in [0.4, 0.5) is 0 Å². The van der Waals surface area contributed by atoms with Gasteiger partial charge in [-0.3, -0.25) is 4.79 Å². The molecule has 1 rings (SSSR count). The number of carbonyl (C=O) groups excluding carboxylic acids is 1.